The molecule has 0 spiro atoms. The third-order valence-corrected chi connectivity index (χ3v) is 5.83. The van der Waals surface area contributed by atoms with Crippen molar-refractivity contribution in [2.45, 2.75) is 39.8 Å². The Morgan fingerprint density at radius 1 is 1.09 bits per heavy atom. The number of H-pyrrole nitrogens is 1. The Hall–Kier alpha value is -3.72. The molecule has 0 fully saturated rings. The standard InChI is InChI=1S/C26H32FN5O3/c1-17(2)13-14-31(22(33)15-29-18(3)20-9-11-21(27)12-10-20)23-24(28)32(26(35)30-25(23)34)16-19-7-5-4-6-8-19/h4-12,17-18,29H,13-16,28H2,1-3H3,(H,30,34,35)/t18-/m1/s1. The molecule has 8 nitrogen and oxygen atoms in total. The maximum Gasteiger partial charge on any atom is 0.330 e. The molecule has 186 valence electrons. The fourth-order valence-corrected chi connectivity index (χ4v) is 3.71. The molecule has 3 aromatic rings. The van der Waals surface area contributed by atoms with E-state index >= 15 is 0 Å². The van der Waals surface area contributed by atoms with Gasteiger partial charge in [-0.15, -0.1) is 0 Å². The van der Waals surface area contributed by atoms with Gasteiger partial charge in [-0.2, -0.15) is 0 Å². The van der Waals surface area contributed by atoms with Gasteiger partial charge < -0.3 is 16.0 Å². The van der Waals surface area contributed by atoms with Crippen molar-refractivity contribution in [1.82, 2.24) is 14.9 Å². The highest BCUT2D eigenvalue weighted by Gasteiger charge is 2.25. The number of carbonyl (C=O) groups is 1. The first kappa shape index (κ1) is 25.9. The minimum Gasteiger partial charge on any atom is -0.383 e. The number of nitrogens with one attached hydrogen (secondary N) is 2. The third-order valence-electron chi connectivity index (χ3n) is 5.83. The Morgan fingerprint density at radius 2 is 1.74 bits per heavy atom. The molecule has 9 heteroatoms. The van der Waals surface area contributed by atoms with Crippen molar-refractivity contribution in [3.05, 3.63) is 92.4 Å². The van der Waals surface area contributed by atoms with Crippen molar-refractivity contribution < 1.29 is 9.18 Å². The van der Waals surface area contributed by atoms with Crippen LogP contribution in [0.5, 0.6) is 0 Å². The number of hydrogen-bond acceptors (Lipinski definition) is 5. The number of halogens is 1. The molecular weight excluding hydrogens is 449 g/mol. The summed E-state index contributed by atoms with van der Waals surface area (Å²) in [6.45, 7) is 6.23. The van der Waals surface area contributed by atoms with Gasteiger partial charge in [-0.05, 0) is 42.5 Å². The minimum atomic E-state index is -0.708. The number of nitrogens with zero attached hydrogens (tertiary/aromatic N) is 2. The minimum absolute atomic E-state index is 0.0394. The topological polar surface area (TPSA) is 113 Å². The molecule has 3 rings (SSSR count). The summed E-state index contributed by atoms with van der Waals surface area (Å²) in [5, 5.41) is 3.13. The predicted octanol–water partition coefficient (Wildman–Crippen LogP) is 3.04. The predicted molar refractivity (Wildman–Crippen MR) is 136 cm³/mol. The highest BCUT2D eigenvalue weighted by molar-refractivity contribution is 5.96. The Balaban J connectivity index is 1.90. The van der Waals surface area contributed by atoms with Crippen molar-refractivity contribution in [2.75, 3.05) is 23.7 Å². The summed E-state index contributed by atoms with van der Waals surface area (Å²) in [4.78, 5) is 42.4. The van der Waals surface area contributed by atoms with Crippen molar-refractivity contribution >= 4 is 17.4 Å². The largest absolute Gasteiger partial charge is 0.383 e. The number of carbonyl (C=O) groups excluding carboxylic acids is 1. The molecule has 0 aliphatic heterocycles. The number of hydrogen-bond donors (Lipinski definition) is 3. The molecule has 35 heavy (non-hydrogen) atoms. The summed E-state index contributed by atoms with van der Waals surface area (Å²) in [6, 6.07) is 15.0. The second-order valence-electron chi connectivity index (χ2n) is 8.95. The maximum atomic E-state index is 13.3. The van der Waals surface area contributed by atoms with Gasteiger partial charge in [0.2, 0.25) is 5.91 Å². The molecule has 1 amide bonds. The summed E-state index contributed by atoms with van der Waals surface area (Å²) in [5.74, 6) is -0.489. The third kappa shape index (κ3) is 6.66. The van der Waals surface area contributed by atoms with Gasteiger partial charge in [-0.25, -0.2) is 9.18 Å². The lowest BCUT2D eigenvalue weighted by molar-refractivity contribution is -0.118. The second kappa shape index (κ2) is 11.6. The molecule has 2 aromatic carbocycles. The van der Waals surface area contributed by atoms with Crippen LogP contribution in [0.4, 0.5) is 15.9 Å². The van der Waals surface area contributed by atoms with Gasteiger partial charge in [0.15, 0.2) is 5.69 Å². The van der Waals surface area contributed by atoms with Crippen LogP contribution < -0.4 is 27.2 Å². The van der Waals surface area contributed by atoms with E-state index in [-0.39, 0.29) is 54.8 Å². The molecule has 4 N–H and O–H groups in total. The molecule has 0 saturated carbocycles. The van der Waals surface area contributed by atoms with Crippen LogP contribution >= 0.6 is 0 Å². The molecule has 0 radical (unpaired) electrons. The first-order chi connectivity index (χ1) is 16.7. The van der Waals surface area contributed by atoms with Gasteiger partial charge in [-0.1, -0.05) is 56.3 Å². The number of amides is 1. The average molecular weight is 482 g/mol. The van der Waals surface area contributed by atoms with Crippen molar-refractivity contribution in [3.63, 3.8) is 0 Å². The Morgan fingerprint density at radius 3 is 2.37 bits per heavy atom. The van der Waals surface area contributed by atoms with E-state index in [1.165, 1.54) is 21.6 Å². The van der Waals surface area contributed by atoms with Crippen LogP contribution in [0.1, 0.15) is 44.4 Å². The quantitative estimate of drug-likeness (QED) is 0.412. The van der Waals surface area contributed by atoms with Gasteiger partial charge in [0.1, 0.15) is 11.6 Å². The zero-order valence-corrected chi connectivity index (χ0v) is 20.3. The number of aromatic nitrogens is 2. The van der Waals surface area contributed by atoms with E-state index in [9.17, 15) is 18.8 Å². The normalized spacial score (nSPS) is 12.0. The fourth-order valence-electron chi connectivity index (χ4n) is 3.71. The first-order valence-electron chi connectivity index (χ1n) is 11.6. The van der Waals surface area contributed by atoms with Gasteiger partial charge in [-0.3, -0.25) is 19.1 Å². The lowest BCUT2D eigenvalue weighted by atomic mass is 10.1. The molecule has 0 unspecified atom stereocenters. The number of aromatic amines is 1. The van der Waals surface area contributed by atoms with E-state index in [0.717, 1.165) is 11.1 Å². The van der Waals surface area contributed by atoms with E-state index in [1.807, 2.05) is 51.1 Å². The number of benzene rings is 2. The van der Waals surface area contributed by atoms with Crippen LogP contribution in [-0.4, -0.2) is 28.5 Å². The molecular formula is C26H32FN5O3. The number of nitrogens with two attached hydrogens (primary N) is 1. The summed E-state index contributed by atoms with van der Waals surface area (Å²) < 4.78 is 14.5. The Bertz CT molecular complexity index is 1250. The highest BCUT2D eigenvalue weighted by Crippen LogP contribution is 2.20. The second-order valence-corrected chi connectivity index (χ2v) is 8.95. The van der Waals surface area contributed by atoms with Crippen LogP contribution in [0.3, 0.4) is 0 Å². The number of rotatable bonds is 10. The molecule has 0 aliphatic carbocycles. The molecule has 0 bridgehead atoms. The van der Waals surface area contributed by atoms with E-state index in [1.54, 1.807) is 12.1 Å². The van der Waals surface area contributed by atoms with Crippen molar-refractivity contribution in [3.8, 4) is 0 Å². The number of anilines is 2. The van der Waals surface area contributed by atoms with Crippen LogP contribution in [0.15, 0.2) is 64.2 Å². The average Bonchev–Trinajstić information content (AvgIpc) is 2.83. The van der Waals surface area contributed by atoms with Gasteiger partial charge in [0.05, 0.1) is 13.1 Å². The van der Waals surface area contributed by atoms with Crippen molar-refractivity contribution in [2.24, 2.45) is 5.92 Å². The van der Waals surface area contributed by atoms with Gasteiger partial charge >= 0.3 is 5.69 Å². The smallest absolute Gasteiger partial charge is 0.330 e. The molecule has 0 saturated heterocycles. The monoisotopic (exact) mass is 481 g/mol. The molecule has 1 heterocycles. The zero-order chi connectivity index (χ0) is 25.5. The maximum absolute atomic E-state index is 13.3. The molecule has 1 atom stereocenters. The van der Waals surface area contributed by atoms with Crippen molar-refractivity contribution in [1.29, 1.82) is 0 Å². The molecule has 0 aliphatic rings. The van der Waals surface area contributed by atoms with E-state index in [0.29, 0.717) is 6.42 Å². The first-order valence-corrected chi connectivity index (χ1v) is 11.6. The summed E-state index contributed by atoms with van der Waals surface area (Å²) in [7, 11) is 0. The van der Waals surface area contributed by atoms with E-state index < -0.39 is 11.2 Å². The Labute approximate surface area is 203 Å². The highest BCUT2D eigenvalue weighted by atomic mass is 19.1. The zero-order valence-electron chi connectivity index (χ0n) is 20.3. The van der Waals surface area contributed by atoms with Crippen LogP contribution in [-0.2, 0) is 11.3 Å². The van der Waals surface area contributed by atoms with Crippen LogP contribution in [0.25, 0.3) is 0 Å². The van der Waals surface area contributed by atoms with E-state index in [2.05, 4.69) is 10.3 Å². The molecule has 1 aromatic heterocycles. The summed E-state index contributed by atoms with van der Waals surface area (Å²) in [6.07, 6.45) is 0.635. The summed E-state index contributed by atoms with van der Waals surface area (Å²) in [5.41, 5.74) is 6.59. The van der Waals surface area contributed by atoms with Crippen LogP contribution in [0, 0.1) is 11.7 Å². The fraction of sp³-hybridized carbons (Fsp3) is 0.346. The lowest BCUT2D eigenvalue weighted by Gasteiger charge is -2.26. The van der Waals surface area contributed by atoms with Gasteiger partial charge in [0, 0.05) is 12.6 Å². The lowest BCUT2D eigenvalue weighted by Crippen LogP contribution is -2.45. The van der Waals surface area contributed by atoms with Gasteiger partial charge in [0.25, 0.3) is 5.56 Å². The number of nitrogen functional groups attached to an aromatic ring is 1. The Kier molecular flexibility index (Phi) is 8.59. The van der Waals surface area contributed by atoms with E-state index in [4.69, 9.17) is 5.73 Å². The summed E-state index contributed by atoms with van der Waals surface area (Å²) >= 11 is 0. The SMILES string of the molecule is CC(C)CCN(C(=O)CN[C@H](C)c1ccc(F)cc1)c1c(N)n(Cc2ccccc2)c(=O)[nH]c1=O. The van der Waals surface area contributed by atoms with Crippen LogP contribution in [0.2, 0.25) is 0 Å².